The van der Waals surface area contributed by atoms with Gasteiger partial charge in [0.15, 0.2) is 0 Å². The molecule has 1 unspecified atom stereocenters. The second-order valence-electron chi connectivity index (χ2n) is 8.49. The fraction of sp³-hybridized carbons (Fsp3) is 0.458. The van der Waals surface area contributed by atoms with Crippen molar-refractivity contribution in [3.8, 4) is 6.07 Å². The molecular formula is C24H31N3O. The molecule has 0 saturated heterocycles. The molecule has 0 amide bonds. The monoisotopic (exact) mass is 377 g/mol. The number of benzene rings is 1. The Hall–Kier alpha value is -2.76. The number of aryl methyl sites for hydroxylation is 2. The van der Waals surface area contributed by atoms with Gasteiger partial charge in [-0.25, -0.2) is 0 Å². The van der Waals surface area contributed by atoms with Crippen LogP contribution in [0, 0.1) is 18.3 Å². The maximum absolute atomic E-state index is 10.0. The molecule has 2 rings (SSSR count). The molecule has 2 aromatic rings. The molecular weight excluding hydrogens is 346 g/mol. The number of hydrogen-bond donors (Lipinski definition) is 0. The highest BCUT2D eigenvalue weighted by molar-refractivity contribution is 5.80. The van der Waals surface area contributed by atoms with Crippen LogP contribution in [0.5, 0.6) is 0 Å². The zero-order valence-electron chi connectivity index (χ0n) is 18.2. The average Bonchev–Trinajstić information content (AvgIpc) is 2.64. The van der Waals surface area contributed by atoms with Gasteiger partial charge in [-0.1, -0.05) is 31.4 Å². The second-order valence-corrected chi connectivity index (χ2v) is 8.49. The molecule has 0 aliphatic carbocycles. The number of rotatable bonds is 6. The first-order chi connectivity index (χ1) is 13.0. The highest BCUT2D eigenvalue weighted by atomic mass is 16.5. The molecule has 0 N–H and O–H groups in total. The van der Waals surface area contributed by atoms with Gasteiger partial charge in [0.25, 0.3) is 0 Å². The van der Waals surface area contributed by atoms with Crippen molar-refractivity contribution >= 4 is 10.9 Å². The Morgan fingerprint density at radius 2 is 1.93 bits per heavy atom. The van der Waals surface area contributed by atoms with Crippen LogP contribution in [0.25, 0.3) is 10.9 Å². The maximum atomic E-state index is 10.0. The van der Waals surface area contributed by atoms with E-state index in [1.165, 1.54) is 5.56 Å². The predicted octanol–water partition coefficient (Wildman–Crippen LogP) is 5.26. The second kappa shape index (κ2) is 8.09. The van der Waals surface area contributed by atoms with E-state index in [0.29, 0.717) is 12.4 Å². The van der Waals surface area contributed by atoms with E-state index in [-0.39, 0.29) is 5.60 Å². The zero-order valence-corrected chi connectivity index (χ0v) is 18.2. The van der Waals surface area contributed by atoms with E-state index in [9.17, 15) is 5.26 Å². The zero-order chi connectivity index (χ0) is 21.1. The van der Waals surface area contributed by atoms with Crippen LogP contribution in [0.4, 0.5) is 0 Å². The van der Waals surface area contributed by atoms with Crippen LogP contribution in [0.3, 0.4) is 0 Å². The highest BCUT2D eigenvalue weighted by Crippen LogP contribution is 2.29. The fourth-order valence-corrected chi connectivity index (χ4v) is 3.28. The number of hydrogen-bond acceptors (Lipinski definition) is 4. The molecule has 0 spiro atoms. The van der Waals surface area contributed by atoms with Crippen molar-refractivity contribution < 1.29 is 4.74 Å². The molecule has 1 aromatic heterocycles. The van der Waals surface area contributed by atoms with Gasteiger partial charge < -0.3 is 9.64 Å². The lowest BCUT2D eigenvalue weighted by molar-refractivity contribution is 0.00623. The molecule has 0 aliphatic rings. The lowest BCUT2D eigenvalue weighted by Gasteiger charge is -2.33. The van der Waals surface area contributed by atoms with Crippen molar-refractivity contribution in [1.29, 1.82) is 5.26 Å². The number of nitrogens with zero attached hydrogens (tertiary/aromatic N) is 3. The van der Waals surface area contributed by atoms with E-state index in [2.05, 4.69) is 37.4 Å². The summed E-state index contributed by atoms with van der Waals surface area (Å²) in [6, 6.07) is 10.8. The highest BCUT2D eigenvalue weighted by Gasteiger charge is 2.30. The summed E-state index contributed by atoms with van der Waals surface area (Å²) in [5, 5.41) is 11.1. The Kier molecular flexibility index (Phi) is 6.22. The van der Waals surface area contributed by atoms with Gasteiger partial charge in [-0.15, -0.1) is 0 Å². The topological polar surface area (TPSA) is 49.1 Å². The van der Waals surface area contributed by atoms with Crippen LogP contribution in [0.15, 0.2) is 42.5 Å². The van der Waals surface area contributed by atoms with Gasteiger partial charge >= 0.3 is 0 Å². The van der Waals surface area contributed by atoms with Crippen LogP contribution in [0.2, 0.25) is 0 Å². The Morgan fingerprint density at radius 1 is 1.25 bits per heavy atom. The van der Waals surface area contributed by atoms with Gasteiger partial charge in [-0.05, 0) is 64.3 Å². The van der Waals surface area contributed by atoms with Crippen molar-refractivity contribution in [2.45, 2.75) is 59.0 Å². The SMILES string of the molecule is C=C=C(OC(C)(C)C)N(C)CC(C)(C#N)c1ccc2cc(CC)c(C)nc2c1. The van der Waals surface area contributed by atoms with Crippen molar-refractivity contribution in [3.63, 3.8) is 0 Å². The summed E-state index contributed by atoms with van der Waals surface area (Å²) in [4.78, 5) is 6.65. The molecule has 1 atom stereocenters. The minimum absolute atomic E-state index is 0.362. The lowest BCUT2D eigenvalue weighted by atomic mass is 9.83. The molecule has 28 heavy (non-hydrogen) atoms. The van der Waals surface area contributed by atoms with Crippen molar-refractivity contribution in [2.75, 3.05) is 13.6 Å². The van der Waals surface area contributed by atoms with Gasteiger partial charge in [-0.3, -0.25) is 4.98 Å². The van der Waals surface area contributed by atoms with Crippen molar-refractivity contribution in [3.05, 3.63) is 59.3 Å². The van der Waals surface area contributed by atoms with Crippen LogP contribution in [-0.2, 0) is 16.6 Å². The van der Waals surface area contributed by atoms with E-state index in [1.807, 2.05) is 58.7 Å². The molecule has 0 fully saturated rings. The summed E-state index contributed by atoms with van der Waals surface area (Å²) in [6.45, 7) is 16.2. The van der Waals surface area contributed by atoms with Crippen LogP contribution >= 0.6 is 0 Å². The summed E-state index contributed by atoms with van der Waals surface area (Å²) in [6.07, 6.45) is 0.960. The van der Waals surface area contributed by atoms with E-state index in [0.717, 1.165) is 28.6 Å². The number of fused-ring (bicyclic) bond motifs is 1. The molecule has 1 heterocycles. The molecule has 4 nitrogen and oxygen atoms in total. The molecule has 4 heteroatoms. The summed E-state index contributed by atoms with van der Waals surface area (Å²) in [5.41, 5.74) is 5.91. The van der Waals surface area contributed by atoms with Crippen LogP contribution in [-0.4, -0.2) is 29.1 Å². The Labute approximate surface area is 169 Å². The Balaban J connectivity index is 2.39. The van der Waals surface area contributed by atoms with Crippen molar-refractivity contribution in [2.24, 2.45) is 0 Å². The molecule has 0 bridgehead atoms. The van der Waals surface area contributed by atoms with E-state index in [1.54, 1.807) is 0 Å². The van der Waals surface area contributed by atoms with Gasteiger partial charge in [0, 0.05) is 24.7 Å². The number of ether oxygens (including phenoxy) is 1. The van der Waals surface area contributed by atoms with Gasteiger partial charge in [-0.2, -0.15) is 5.26 Å². The van der Waals surface area contributed by atoms with Crippen LogP contribution < -0.4 is 0 Å². The minimum Gasteiger partial charge on any atom is -0.468 e. The first kappa shape index (κ1) is 21.5. The van der Waals surface area contributed by atoms with Crippen molar-refractivity contribution in [1.82, 2.24) is 9.88 Å². The normalized spacial score (nSPS) is 13.4. The molecule has 1 aromatic carbocycles. The third-order valence-corrected chi connectivity index (χ3v) is 4.83. The molecule has 0 radical (unpaired) electrons. The lowest BCUT2D eigenvalue weighted by Crippen LogP contribution is -2.37. The summed E-state index contributed by atoms with van der Waals surface area (Å²) in [7, 11) is 1.89. The first-order valence-electron chi connectivity index (χ1n) is 9.65. The van der Waals surface area contributed by atoms with E-state index >= 15 is 0 Å². The smallest absolute Gasteiger partial charge is 0.235 e. The van der Waals surface area contributed by atoms with E-state index < -0.39 is 5.41 Å². The third kappa shape index (κ3) is 4.74. The third-order valence-electron chi connectivity index (χ3n) is 4.83. The first-order valence-corrected chi connectivity index (χ1v) is 9.65. The van der Waals surface area contributed by atoms with Gasteiger partial charge in [0.2, 0.25) is 5.88 Å². The average molecular weight is 378 g/mol. The molecule has 148 valence electrons. The minimum atomic E-state index is -0.731. The number of nitriles is 1. The van der Waals surface area contributed by atoms with Gasteiger partial charge in [0.05, 0.1) is 17.0 Å². The number of aromatic nitrogens is 1. The van der Waals surface area contributed by atoms with Crippen LogP contribution in [0.1, 0.15) is 51.4 Å². The quantitative estimate of drug-likeness (QED) is 0.509. The number of pyridine rings is 1. The molecule has 0 saturated carbocycles. The Morgan fingerprint density at radius 3 is 2.46 bits per heavy atom. The predicted molar refractivity (Wildman–Crippen MR) is 115 cm³/mol. The summed E-state index contributed by atoms with van der Waals surface area (Å²) < 4.78 is 5.93. The largest absolute Gasteiger partial charge is 0.468 e. The summed E-state index contributed by atoms with van der Waals surface area (Å²) >= 11 is 0. The summed E-state index contributed by atoms with van der Waals surface area (Å²) in [5.74, 6) is 0.538. The molecule has 0 aliphatic heterocycles. The fourth-order valence-electron chi connectivity index (χ4n) is 3.28. The van der Waals surface area contributed by atoms with E-state index in [4.69, 9.17) is 9.72 Å². The maximum Gasteiger partial charge on any atom is 0.235 e. The standard InChI is InChI=1S/C24H31N3O/c1-9-18-13-19-11-12-20(14-21(19)26-17(18)3)24(7,15-25)16-27(8)22(10-2)28-23(4,5)6/h11-14H,2,9,16H2,1,3-8H3. The Bertz CT molecular complexity index is 958. The van der Waals surface area contributed by atoms with Gasteiger partial charge in [0.1, 0.15) is 5.60 Å². The number of likely N-dealkylation sites (N-methyl/N-ethyl adjacent to an activating group) is 1.